The van der Waals surface area contributed by atoms with Gasteiger partial charge in [-0.15, -0.1) is 0 Å². The number of nitrogens with zero attached hydrogens (tertiary/aromatic N) is 1. The minimum Gasteiger partial charge on any atom is -0.497 e. The maximum Gasteiger partial charge on any atom is 0.247 e. The van der Waals surface area contributed by atoms with Crippen LogP contribution in [0.4, 0.5) is 11.4 Å². The Morgan fingerprint density at radius 3 is 2.19 bits per heavy atom. The van der Waals surface area contributed by atoms with Gasteiger partial charge in [-0.2, -0.15) is 0 Å². The molecule has 2 rings (SSSR count). The molecule has 0 aliphatic rings. The van der Waals surface area contributed by atoms with Gasteiger partial charge in [0.1, 0.15) is 17.5 Å². The van der Waals surface area contributed by atoms with Crippen molar-refractivity contribution < 1.29 is 22.7 Å². The number of hydrogen-bond acceptors (Lipinski definition) is 5. The van der Waals surface area contributed by atoms with E-state index in [2.05, 4.69) is 5.32 Å². The molecule has 0 heterocycles. The third-order valence-corrected chi connectivity index (χ3v) is 5.00. The summed E-state index contributed by atoms with van der Waals surface area (Å²) in [7, 11) is -0.654. The smallest absolute Gasteiger partial charge is 0.247 e. The van der Waals surface area contributed by atoms with E-state index in [4.69, 9.17) is 9.47 Å². The van der Waals surface area contributed by atoms with Gasteiger partial charge in [-0.3, -0.25) is 9.10 Å². The van der Waals surface area contributed by atoms with Crippen LogP contribution < -0.4 is 19.1 Å². The Bertz CT molecular complexity index is 865. The molecule has 1 amide bonds. The first kappa shape index (κ1) is 19.6. The van der Waals surface area contributed by atoms with E-state index in [9.17, 15) is 13.2 Å². The molecular formula is C18H22N2O5S. The second-order valence-corrected chi connectivity index (χ2v) is 7.51. The Labute approximate surface area is 153 Å². The molecule has 0 spiro atoms. The maximum atomic E-state index is 12.6. The van der Waals surface area contributed by atoms with Crippen LogP contribution in [0.1, 0.15) is 6.92 Å². The molecule has 0 aliphatic heterocycles. The van der Waals surface area contributed by atoms with E-state index < -0.39 is 22.0 Å². The molecule has 2 aromatic rings. The quantitative estimate of drug-likeness (QED) is 0.800. The normalized spacial score (nSPS) is 12.2. The van der Waals surface area contributed by atoms with E-state index in [0.717, 1.165) is 10.6 Å². The number of hydrogen-bond donors (Lipinski definition) is 1. The number of ether oxygens (including phenoxy) is 2. The highest BCUT2D eigenvalue weighted by atomic mass is 32.2. The highest BCUT2D eigenvalue weighted by Crippen LogP contribution is 2.26. The van der Waals surface area contributed by atoms with Crippen molar-refractivity contribution in [3.05, 3.63) is 48.5 Å². The zero-order chi connectivity index (χ0) is 19.3. The highest BCUT2D eigenvalue weighted by molar-refractivity contribution is 7.92. The SMILES string of the molecule is COc1ccc(NC(=O)[C@@H](C)N(c2cccc(OC)c2)S(C)(=O)=O)cc1. The summed E-state index contributed by atoms with van der Waals surface area (Å²) in [6, 6.07) is 12.4. The molecule has 0 radical (unpaired) electrons. The first-order valence-corrected chi connectivity index (χ1v) is 9.69. The molecule has 140 valence electrons. The third kappa shape index (κ3) is 4.66. The van der Waals surface area contributed by atoms with Crippen LogP contribution in [0.5, 0.6) is 11.5 Å². The van der Waals surface area contributed by atoms with Crippen LogP contribution in [0.2, 0.25) is 0 Å². The minimum atomic E-state index is -3.69. The zero-order valence-electron chi connectivity index (χ0n) is 15.1. The average molecular weight is 378 g/mol. The van der Waals surface area contributed by atoms with Crippen LogP contribution >= 0.6 is 0 Å². The van der Waals surface area contributed by atoms with Crippen molar-refractivity contribution in [2.45, 2.75) is 13.0 Å². The van der Waals surface area contributed by atoms with Crippen LogP contribution in [0.25, 0.3) is 0 Å². The lowest BCUT2D eigenvalue weighted by molar-refractivity contribution is -0.116. The molecular weight excluding hydrogens is 356 g/mol. The summed E-state index contributed by atoms with van der Waals surface area (Å²) in [5.74, 6) is 0.701. The summed E-state index contributed by atoms with van der Waals surface area (Å²) in [6.45, 7) is 1.53. The summed E-state index contributed by atoms with van der Waals surface area (Å²) in [5, 5.41) is 2.71. The molecule has 0 fully saturated rings. The van der Waals surface area contributed by atoms with Crippen molar-refractivity contribution >= 4 is 27.3 Å². The molecule has 0 aliphatic carbocycles. The van der Waals surface area contributed by atoms with Gasteiger partial charge in [-0.1, -0.05) is 6.07 Å². The molecule has 1 atom stereocenters. The van der Waals surface area contributed by atoms with Gasteiger partial charge >= 0.3 is 0 Å². The Morgan fingerprint density at radius 1 is 1.04 bits per heavy atom. The van der Waals surface area contributed by atoms with E-state index in [1.165, 1.54) is 14.0 Å². The lowest BCUT2D eigenvalue weighted by Crippen LogP contribution is -2.45. The largest absolute Gasteiger partial charge is 0.497 e. The fraction of sp³-hybridized carbons (Fsp3) is 0.278. The lowest BCUT2D eigenvalue weighted by Gasteiger charge is -2.28. The molecule has 0 aromatic heterocycles. The predicted octanol–water partition coefficient (Wildman–Crippen LogP) is 2.50. The standard InChI is InChI=1S/C18H22N2O5S/c1-13(18(21)19-14-8-10-16(24-2)11-9-14)20(26(4,22)23)15-6-5-7-17(12-15)25-3/h5-13H,1-4H3,(H,19,21)/t13-/m1/s1. The van der Waals surface area contributed by atoms with E-state index in [-0.39, 0.29) is 0 Å². The third-order valence-electron chi connectivity index (χ3n) is 3.75. The number of sulfonamides is 1. The van der Waals surface area contributed by atoms with Crippen molar-refractivity contribution in [2.24, 2.45) is 0 Å². The average Bonchev–Trinajstić information content (AvgIpc) is 2.61. The number of benzene rings is 2. The molecule has 26 heavy (non-hydrogen) atoms. The van der Waals surface area contributed by atoms with Crippen molar-refractivity contribution in [2.75, 3.05) is 30.1 Å². The molecule has 0 saturated heterocycles. The lowest BCUT2D eigenvalue weighted by atomic mass is 10.2. The number of methoxy groups -OCH3 is 2. The highest BCUT2D eigenvalue weighted by Gasteiger charge is 2.29. The van der Waals surface area contributed by atoms with Crippen LogP contribution in [-0.2, 0) is 14.8 Å². The number of carbonyl (C=O) groups excluding carboxylic acids is 1. The van der Waals surface area contributed by atoms with E-state index in [1.54, 1.807) is 55.6 Å². The predicted molar refractivity (Wildman–Crippen MR) is 101 cm³/mol. The van der Waals surface area contributed by atoms with Gasteiger partial charge in [0.15, 0.2) is 0 Å². The van der Waals surface area contributed by atoms with E-state index in [1.807, 2.05) is 0 Å². The van der Waals surface area contributed by atoms with Crippen LogP contribution in [0, 0.1) is 0 Å². The Morgan fingerprint density at radius 2 is 1.65 bits per heavy atom. The summed E-state index contributed by atoms with van der Waals surface area (Å²) >= 11 is 0. The Kier molecular flexibility index (Phi) is 6.10. The van der Waals surface area contributed by atoms with Crippen molar-refractivity contribution in [1.29, 1.82) is 0 Å². The maximum absolute atomic E-state index is 12.6. The number of rotatable bonds is 7. The van der Waals surface area contributed by atoms with Gasteiger partial charge in [0.2, 0.25) is 15.9 Å². The second-order valence-electron chi connectivity index (χ2n) is 5.65. The molecule has 0 unspecified atom stereocenters. The van der Waals surface area contributed by atoms with Crippen LogP contribution in [-0.4, -0.2) is 40.8 Å². The molecule has 2 aromatic carbocycles. The Hall–Kier alpha value is -2.74. The molecule has 1 N–H and O–H groups in total. The first-order chi connectivity index (χ1) is 12.3. The van der Waals surface area contributed by atoms with Gasteiger partial charge < -0.3 is 14.8 Å². The molecule has 0 bridgehead atoms. The summed E-state index contributed by atoms with van der Waals surface area (Å²) in [5.41, 5.74) is 0.894. The summed E-state index contributed by atoms with van der Waals surface area (Å²) < 4.78 is 35.9. The van der Waals surface area contributed by atoms with Crippen LogP contribution in [0.3, 0.4) is 0 Å². The second kappa shape index (κ2) is 8.09. The van der Waals surface area contributed by atoms with Crippen LogP contribution in [0.15, 0.2) is 48.5 Å². The van der Waals surface area contributed by atoms with Gasteiger partial charge in [-0.25, -0.2) is 8.42 Å². The van der Waals surface area contributed by atoms with Gasteiger partial charge in [0, 0.05) is 11.8 Å². The topological polar surface area (TPSA) is 84.9 Å². The first-order valence-electron chi connectivity index (χ1n) is 7.84. The van der Waals surface area contributed by atoms with Gasteiger partial charge in [0.25, 0.3) is 0 Å². The Balaban J connectivity index is 2.27. The van der Waals surface area contributed by atoms with E-state index >= 15 is 0 Å². The van der Waals surface area contributed by atoms with Crippen molar-refractivity contribution in [3.8, 4) is 11.5 Å². The van der Waals surface area contributed by atoms with Crippen molar-refractivity contribution in [3.63, 3.8) is 0 Å². The monoisotopic (exact) mass is 378 g/mol. The summed E-state index contributed by atoms with van der Waals surface area (Å²) in [6.07, 6.45) is 1.06. The fourth-order valence-electron chi connectivity index (χ4n) is 2.48. The van der Waals surface area contributed by atoms with Crippen molar-refractivity contribution in [1.82, 2.24) is 0 Å². The number of anilines is 2. The molecule has 8 heteroatoms. The summed E-state index contributed by atoms with van der Waals surface area (Å²) in [4.78, 5) is 12.6. The van der Waals surface area contributed by atoms with E-state index in [0.29, 0.717) is 22.9 Å². The van der Waals surface area contributed by atoms with Gasteiger partial charge in [0.05, 0.1) is 26.2 Å². The number of amides is 1. The fourth-order valence-corrected chi connectivity index (χ4v) is 3.64. The number of carbonyl (C=O) groups is 1. The molecule has 0 saturated carbocycles. The zero-order valence-corrected chi connectivity index (χ0v) is 15.9. The molecule has 7 nitrogen and oxygen atoms in total. The minimum absolute atomic E-state index is 0.351. The van der Waals surface area contributed by atoms with Gasteiger partial charge in [-0.05, 0) is 43.3 Å². The number of nitrogens with one attached hydrogen (secondary N) is 1.